The standard InChI is InChI=1S/C15H11BrO/c1-17-11-7-6-10-8-15(16)13-5-3-2-4-12(13)14(10)9-11/h2-9H,1H3. The number of rotatable bonds is 1. The predicted molar refractivity (Wildman–Crippen MR) is 75.7 cm³/mol. The fraction of sp³-hybridized carbons (Fsp3) is 0.0667. The molecule has 0 aliphatic carbocycles. The molecule has 0 heterocycles. The van der Waals surface area contributed by atoms with Crippen molar-refractivity contribution >= 4 is 37.5 Å². The van der Waals surface area contributed by atoms with Crippen molar-refractivity contribution < 1.29 is 4.74 Å². The van der Waals surface area contributed by atoms with E-state index in [9.17, 15) is 0 Å². The summed E-state index contributed by atoms with van der Waals surface area (Å²) in [6.45, 7) is 0. The van der Waals surface area contributed by atoms with Crippen LogP contribution in [0.5, 0.6) is 5.75 Å². The molecule has 3 aromatic carbocycles. The summed E-state index contributed by atoms with van der Waals surface area (Å²) >= 11 is 3.62. The molecule has 0 aromatic heterocycles. The van der Waals surface area contributed by atoms with Crippen molar-refractivity contribution in [2.24, 2.45) is 0 Å². The van der Waals surface area contributed by atoms with Gasteiger partial charge in [0.2, 0.25) is 0 Å². The Morgan fingerprint density at radius 3 is 2.41 bits per heavy atom. The van der Waals surface area contributed by atoms with Gasteiger partial charge in [-0.15, -0.1) is 0 Å². The van der Waals surface area contributed by atoms with Crippen molar-refractivity contribution in [3.63, 3.8) is 0 Å². The average molecular weight is 287 g/mol. The summed E-state index contributed by atoms with van der Waals surface area (Å²) in [6, 6.07) is 16.7. The maximum absolute atomic E-state index is 5.29. The molecular formula is C15H11BrO. The molecule has 17 heavy (non-hydrogen) atoms. The van der Waals surface area contributed by atoms with E-state index < -0.39 is 0 Å². The average Bonchev–Trinajstić information content (AvgIpc) is 2.39. The number of halogens is 1. The lowest BCUT2D eigenvalue weighted by Crippen LogP contribution is -1.84. The fourth-order valence-corrected chi connectivity index (χ4v) is 2.75. The number of fused-ring (bicyclic) bond motifs is 3. The zero-order valence-electron chi connectivity index (χ0n) is 9.41. The van der Waals surface area contributed by atoms with Gasteiger partial charge in [0.25, 0.3) is 0 Å². The highest BCUT2D eigenvalue weighted by atomic mass is 79.9. The molecule has 0 unspecified atom stereocenters. The second-order valence-electron chi connectivity index (χ2n) is 3.99. The molecule has 3 aromatic rings. The molecule has 0 saturated heterocycles. The van der Waals surface area contributed by atoms with E-state index in [0.717, 1.165) is 10.2 Å². The molecule has 0 atom stereocenters. The molecule has 0 aliphatic heterocycles. The van der Waals surface area contributed by atoms with Crippen molar-refractivity contribution in [2.45, 2.75) is 0 Å². The Hall–Kier alpha value is -1.54. The molecule has 84 valence electrons. The van der Waals surface area contributed by atoms with Crippen LogP contribution in [0.4, 0.5) is 0 Å². The van der Waals surface area contributed by atoms with Crippen LogP contribution in [0.15, 0.2) is 53.0 Å². The van der Waals surface area contributed by atoms with E-state index in [1.807, 2.05) is 6.07 Å². The van der Waals surface area contributed by atoms with Crippen LogP contribution in [0, 0.1) is 0 Å². The van der Waals surface area contributed by atoms with Gasteiger partial charge in [0, 0.05) is 4.47 Å². The van der Waals surface area contributed by atoms with E-state index in [4.69, 9.17) is 4.74 Å². The van der Waals surface area contributed by atoms with Crippen molar-refractivity contribution in [3.05, 3.63) is 53.0 Å². The second kappa shape index (κ2) is 4.04. The SMILES string of the molecule is COc1ccc2cc(Br)c3ccccc3c2c1. The molecule has 0 fully saturated rings. The number of benzene rings is 3. The van der Waals surface area contributed by atoms with Crippen molar-refractivity contribution in [2.75, 3.05) is 7.11 Å². The van der Waals surface area contributed by atoms with Gasteiger partial charge in [-0.25, -0.2) is 0 Å². The molecule has 0 aliphatic rings. The third-order valence-corrected chi connectivity index (χ3v) is 3.67. The molecule has 0 amide bonds. The minimum Gasteiger partial charge on any atom is -0.497 e. The Kier molecular flexibility index (Phi) is 2.52. The predicted octanol–water partition coefficient (Wildman–Crippen LogP) is 4.76. The number of ether oxygens (including phenoxy) is 1. The highest BCUT2D eigenvalue weighted by Crippen LogP contribution is 2.33. The first-order chi connectivity index (χ1) is 8.29. The summed E-state index contributed by atoms with van der Waals surface area (Å²) in [5, 5.41) is 4.92. The van der Waals surface area contributed by atoms with Crippen LogP contribution in [0.2, 0.25) is 0 Å². The lowest BCUT2D eigenvalue weighted by atomic mass is 10.0. The first-order valence-corrected chi connectivity index (χ1v) is 6.24. The van der Waals surface area contributed by atoms with Crippen LogP contribution in [0.1, 0.15) is 0 Å². The van der Waals surface area contributed by atoms with Gasteiger partial charge in [-0.3, -0.25) is 0 Å². The Morgan fingerprint density at radius 1 is 0.882 bits per heavy atom. The summed E-state index contributed by atoms with van der Waals surface area (Å²) in [7, 11) is 1.70. The zero-order chi connectivity index (χ0) is 11.8. The van der Waals surface area contributed by atoms with Gasteiger partial charge < -0.3 is 4.74 Å². The maximum atomic E-state index is 5.29. The minimum absolute atomic E-state index is 0.893. The van der Waals surface area contributed by atoms with Gasteiger partial charge in [-0.1, -0.05) is 46.3 Å². The van der Waals surface area contributed by atoms with E-state index >= 15 is 0 Å². The molecule has 0 spiro atoms. The topological polar surface area (TPSA) is 9.23 Å². The van der Waals surface area contributed by atoms with Crippen LogP contribution in [0.25, 0.3) is 21.5 Å². The largest absolute Gasteiger partial charge is 0.497 e. The van der Waals surface area contributed by atoms with Gasteiger partial charge in [0.05, 0.1) is 7.11 Å². The van der Waals surface area contributed by atoms with Crippen LogP contribution < -0.4 is 4.74 Å². The lowest BCUT2D eigenvalue weighted by molar-refractivity contribution is 0.415. The van der Waals surface area contributed by atoms with Crippen molar-refractivity contribution in [1.29, 1.82) is 0 Å². The van der Waals surface area contributed by atoms with Crippen LogP contribution in [0.3, 0.4) is 0 Å². The molecular weight excluding hydrogens is 276 g/mol. The Bertz CT molecular complexity index is 704. The van der Waals surface area contributed by atoms with Crippen LogP contribution >= 0.6 is 15.9 Å². The first-order valence-electron chi connectivity index (χ1n) is 5.44. The van der Waals surface area contributed by atoms with Gasteiger partial charge in [0.1, 0.15) is 5.75 Å². The smallest absolute Gasteiger partial charge is 0.119 e. The molecule has 0 radical (unpaired) electrons. The van der Waals surface area contributed by atoms with Gasteiger partial charge in [0.15, 0.2) is 0 Å². The maximum Gasteiger partial charge on any atom is 0.119 e. The van der Waals surface area contributed by atoms with E-state index in [2.05, 4.69) is 58.4 Å². The van der Waals surface area contributed by atoms with Gasteiger partial charge in [-0.05, 0) is 39.7 Å². The normalized spacial score (nSPS) is 10.9. The third-order valence-electron chi connectivity index (χ3n) is 3.02. The summed E-state index contributed by atoms with van der Waals surface area (Å²) < 4.78 is 6.42. The summed E-state index contributed by atoms with van der Waals surface area (Å²) in [5.74, 6) is 0.893. The zero-order valence-corrected chi connectivity index (χ0v) is 11.0. The number of methoxy groups -OCH3 is 1. The van der Waals surface area contributed by atoms with E-state index in [0.29, 0.717) is 0 Å². The van der Waals surface area contributed by atoms with Gasteiger partial charge in [-0.2, -0.15) is 0 Å². The van der Waals surface area contributed by atoms with E-state index in [1.54, 1.807) is 7.11 Å². The van der Waals surface area contributed by atoms with Crippen molar-refractivity contribution in [3.8, 4) is 5.75 Å². The molecule has 2 heteroatoms. The van der Waals surface area contributed by atoms with E-state index in [-0.39, 0.29) is 0 Å². The molecule has 0 saturated carbocycles. The lowest BCUT2D eigenvalue weighted by Gasteiger charge is -2.08. The van der Waals surface area contributed by atoms with Crippen LogP contribution in [-0.4, -0.2) is 7.11 Å². The minimum atomic E-state index is 0.893. The summed E-state index contributed by atoms with van der Waals surface area (Å²) in [4.78, 5) is 0. The number of hydrogen-bond acceptors (Lipinski definition) is 1. The summed E-state index contributed by atoms with van der Waals surface area (Å²) in [5.41, 5.74) is 0. The van der Waals surface area contributed by atoms with Crippen molar-refractivity contribution in [1.82, 2.24) is 0 Å². The molecule has 0 N–H and O–H groups in total. The fourth-order valence-electron chi connectivity index (χ4n) is 2.16. The van der Waals surface area contributed by atoms with E-state index in [1.165, 1.54) is 21.5 Å². The quantitative estimate of drug-likeness (QED) is 0.586. The Labute approximate surface area is 108 Å². The number of hydrogen-bond donors (Lipinski definition) is 0. The highest BCUT2D eigenvalue weighted by molar-refractivity contribution is 9.10. The van der Waals surface area contributed by atoms with Crippen LogP contribution in [-0.2, 0) is 0 Å². The molecule has 0 bridgehead atoms. The Morgan fingerprint density at radius 2 is 1.65 bits per heavy atom. The third kappa shape index (κ3) is 1.69. The monoisotopic (exact) mass is 286 g/mol. The highest BCUT2D eigenvalue weighted by Gasteiger charge is 2.05. The second-order valence-corrected chi connectivity index (χ2v) is 4.85. The molecule has 3 rings (SSSR count). The first kappa shape index (κ1) is 10.6. The molecule has 1 nitrogen and oxygen atoms in total. The Balaban J connectivity index is 2.51. The van der Waals surface area contributed by atoms with Gasteiger partial charge >= 0.3 is 0 Å². The summed E-state index contributed by atoms with van der Waals surface area (Å²) in [6.07, 6.45) is 0.